The fourth-order valence-corrected chi connectivity index (χ4v) is 5.69. The van der Waals surface area contributed by atoms with E-state index in [1.165, 1.54) is 23.0 Å². The van der Waals surface area contributed by atoms with Crippen LogP contribution in [0, 0.1) is 13.8 Å². The Labute approximate surface area is 223 Å². The van der Waals surface area contributed by atoms with E-state index in [9.17, 15) is 14.4 Å². The molecule has 1 aliphatic heterocycles. The lowest BCUT2D eigenvalue weighted by Crippen LogP contribution is -2.41. The SMILES string of the molecule is COc1ccc(NC(=O)Cn2c(=O)n(-c3cccc(C)c3C)c(=O)c3sc(N4CCCC4)nc32)c(OC)c1. The highest BCUT2D eigenvalue weighted by molar-refractivity contribution is 7.22. The van der Waals surface area contributed by atoms with Gasteiger partial charge in [-0.25, -0.2) is 14.3 Å². The van der Waals surface area contributed by atoms with Crippen LogP contribution in [0.4, 0.5) is 10.8 Å². The summed E-state index contributed by atoms with van der Waals surface area (Å²) in [7, 11) is 3.04. The van der Waals surface area contributed by atoms with Gasteiger partial charge in [-0.2, -0.15) is 0 Å². The van der Waals surface area contributed by atoms with Crippen molar-refractivity contribution in [3.05, 3.63) is 68.4 Å². The quantitative estimate of drug-likeness (QED) is 0.386. The molecular weight excluding hydrogens is 506 g/mol. The van der Waals surface area contributed by atoms with Crippen LogP contribution in [0.25, 0.3) is 16.0 Å². The van der Waals surface area contributed by atoms with Gasteiger partial charge in [-0.3, -0.25) is 14.2 Å². The van der Waals surface area contributed by atoms with Gasteiger partial charge in [0.15, 0.2) is 10.8 Å². The predicted octanol–water partition coefficient (Wildman–Crippen LogP) is 3.48. The predicted molar refractivity (Wildman–Crippen MR) is 149 cm³/mol. The topological polar surface area (TPSA) is 108 Å². The average Bonchev–Trinajstić information content (AvgIpc) is 3.60. The fraction of sp³-hybridized carbons (Fsp3) is 0.333. The van der Waals surface area contributed by atoms with Crippen LogP contribution in [0.3, 0.4) is 0 Å². The molecule has 0 bridgehead atoms. The standard InChI is InChI=1S/C27H29N5O5S/c1-16-8-7-9-20(17(16)2)32-25(34)23-24(29-26(38-23)30-12-5-6-13-30)31(27(32)35)15-22(33)28-19-11-10-18(36-3)14-21(19)37-4/h7-11,14H,5-6,12-13,15H2,1-4H3,(H,28,33). The second kappa shape index (κ2) is 10.3. The number of anilines is 2. The summed E-state index contributed by atoms with van der Waals surface area (Å²) in [5.74, 6) is 0.537. The molecular formula is C27H29N5O5S. The van der Waals surface area contributed by atoms with E-state index in [0.717, 1.165) is 41.6 Å². The van der Waals surface area contributed by atoms with Crippen LogP contribution in [-0.4, -0.2) is 47.3 Å². The molecule has 0 radical (unpaired) electrons. The Morgan fingerprint density at radius 1 is 1.08 bits per heavy atom. The van der Waals surface area contributed by atoms with Crippen molar-refractivity contribution in [1.29, 1.82) is 0 Å². The Bertz CT molecular complexity index is 1650. The Kier molecular flexibility index (Phi) is 6.94. The van der Waals surface area contributed by atoms with Gasteiger partial charge < -0.3 is 19.7 Å². The van der Waals surface area contributed by atoms with Crippen molar-refractivity contribution in [2.75, 3.05) is 37.5 Å². The third-order valence-corrected chi connectivity index (χ3v) is 7.94. The molecule has 2 aromatic heterocycles. The number of benzene rings is 2. The van der Waals surface area contributed by atoms with E-state index in [0.29, 0.717) is 32.7 Å². The molecule has 4 aromatic rings. The van der Waals surface area contributed by atoms with Crippen LogP contribution in [0.5, 0.6) is 11.5 Å². The molecule has 198 valence electrons. The Hall–Kier alpha value is -4.12. The molecule has 1 saturated heterocycles. The van der Waals surface area contributed by atoms with Crippen molar-refractivity contribution >= 4 is 38.4 Å². The number of thiazole rings is 1. The van der Waals surface area contributed by atoms with Crippen LogP contribution in [0.1, 0.15) is 24.0 Å². The summed E-state index contributed by atoms with van der Waals surface area (Å²) in [6.45, 7) is 5.14. The lowest BCUT2D eigenvalue weighted by molar-refractivity contribution is -0.116. The third-order valence-electron chi connectivity index (χ3n) is 6.85. The molecule has 1 fully saturated rings. The number of rotatable bonds is 7. The number of carbonyl (C=O) groups is 1. The maximum Gasteiger partial charge on any atom is 0.337 e. The molecule has 0 spiro atoms. The third kappa shape index (κ3) is 4.53. The summed E-state index contributed by atoms with van der Waals surface area (Å²) < 4.78 is 13.4. The minimum atomic E-state index is -0.619. The van der Waals surface area contributed by atoms with Crippen LogP contribution in [0.15, 0.2) is 46.0 Å². The number of methoxy groups -OCH3 is 2. The van der Waals surface area contributed by atoms with Gasteiger partial charge in [0, 0.05) is 19.2 Å². The molecule has 38 heavy (non-hydrogen) atoms. The number of aromatic nitrogens is 3. The molecule has 1 aliphatic rings. The van der Waals surface area contributed by atoms with Gasteiger partial charge in [0.05, 0.1) is 25.6 Å². The minimum absolute atomic E-state index is 0.213. The number of carbonyl (C=O) groups excluding carboxylic acids is 1. The lowest BCUT2D eigenvalue weighted by Gasteiger charge is -2.15. The lowest BCUT2D eigenvalue weighted by atomic mass is 10.1. The molecule has 0 saturated carbocycles. The zero-order chi connectivity index (χ0) is 27.0. The van der Waals surface area contributed by atoms with E-state index < -0.39 is 17.2 Å². The van der Waals surface area contributed by atoms with Gasteiger partial charge >= 0.3 is 5.69 Å². The highest BCUT2D eigenvalue weighted by Gasteiger charge is 2.24. The first-order chi connectivity index (χ1) is 18.3. The number of hydrogen-bond donors (Lipinski definition) is 1. The summed E-state index contributed by atoms with van der Waals surface area (Å²) in [6.07, 6.45) is 2.09. The number of nitrogens with zero attached hydrogens (tertiary/aromatic N) is 4. The number of nitrogens with one attached hydrogen (secondary N) is 1. The normalized spacial score (nSPS) is 13.2. The van der Waals surface area contributed by atoms with Gasteiger partial charge in [0.2, 0.25) is 5.91 Å². The van der Waals surface area contributed by atoms with Crippen LogP contribution in [0.2, 0.25) is 0 Å². The Morgan fingerprint density at radius 2 is 1.84 bits per heavy atom. The van der Waals surface area contributed by atoms with Crippen molar-refractivity contribution in [3.63, 3.8) is 0 Å². The largest absolute Gasteiger partial charge is 0.497 e. The van der Waals surface area contributed by atoms with E-state index in [4.69, 9.17) is 9.47 Å². The highest BCUT2D eigenvalue weighted by atomic mass is 32.1. The zero-order valence-electron chi connectivity index (χ0n) is 21.7. The van der Waals surface area contributed by atoms with Gasteiger partial charge in [-0.05, 0) is 56.0 Å². The van der Waals surface area contributed by atoms with Crippen LogP contribution in [-0.2, 0) is 11.3 Å². The van der Waals surface area contributed by atoms with Crippen LogP contribution >= 0.6 is 11.3 Å². The number of hydrogen-bond acceptors (Lipinski definition) is 8. The first-order valence-corrected chi connectivity index (χ1v) is 13.1. The van der Waals surface area contributed by atoms with E-state index in [2.05, 4.69) is 15.2 Å². The zero-order valence-corrected chi connectivity index (χ0v) is 22.6. The van der Waals surface area contributed by atoms with Gasteiger partial charge in [-0.1, -0.05) is 23.5 Å². The van der Waals surface area contributed by atoms with Crippen molar-refractivity contribution in [2.45, 2.75) is 33.2 Å². The molecule has 3 heterocycles. The van der Waals surface area contributed by atoms with E-state index in [1.54, 1.807) is 31.4 Å². The maximum absolute atomic E-state index is 13.8. The van der Waals surface area contributed by atoms with Crippen molar-refractivity contribution < 1.29 is 14.3 Å². The summed E-state index contributed by atoms with van der Waals surface area (Å²) in [5.41, 5.74) is 1.85. The summed E-state index contributed by atoms with van der Waals surface area (Å²) in [4.78, 5) is 47.6. The molecule has 1 N–H and O–H groups in total. The maximum atomic E-state index is 13.8. The first kappa shape index (κ1) is 25.5. The molecule has 5 rings (SSSR count). The van der Waals surface area contributed by atoms with Gasteiger partial charge in [0.25, 0.3) is 5.56 Å². The van der Waals surface area contributed by atoms with Gasteiger partial charge in [-0.15, -0.1) is 0 Å². The van der Waals surface area contributed by atoms with E-state index in [-0.39, 0.29) is 12.2 Å². The summed E-state index contributed by atoms with van der Waals surface area (Å²) in [5, 5.41) is 3.49. The molecule has 11 heteroatoms. The summed E-state index contributed by atoms with van der Waals surface area (Å²) in [6, 6.07) is 10.5. The smallest absolute Gasteiger partial charge is 0.337 e. The molecule has 0 unspecified atom stereocenters. The molecule has 0 aliphatic carbocycles. The fourth-order valence-electron chi connectivity index (χ4n) is 4.63. The second-order valence-corrected chi connectivity index (χ2v) is 10.2. The number of ether oxygens (including phenoxy) is 2. The van der Waals surface area contributed by atoms with Crippen LogP contribution < -0.4 is 30.9 Å². The second-order valence-electron chi connectivity index (χ2n) is 9.19. The summed E-state index contributed by atoms with van der Waals surface area (Å²) >= 11 is 1.26. The molecule has 0 atom stereocenters. The molecule has 2 aromatic carbocycles. The Balaban J connectivity index is 1.63. The van der Waals surface area contributed by atoms with Crippen molar-refractivity contribution in [3.8, 4) is 17.2 Å². The van der Waals surface area contributed by atoms with E-state index in [1.807, 2.05) is 26.0 Å². The highest BCUT2D eigenvalue weighted by Crippen LogP contribution is 2.30. The number of amides is 1. The Morgan fingerprint density at radius 3 is 2.55 bits per heavy atom. The number of aryl methyl sites for hydroxylation is 1. The minimum Gasteiger partial charge on any atom is -0.497 e. The molecule has 10 nitrogen and oxygen atoms in total. The van der Waals surface area contributed by atoms with E-state index >= 15 is 0 Å². The number of fused-ring (bicyclic) bond motifs is 1. The van der Waals surface area contributed by atoms with Crippen molar-refractivity contribution in [1.82, 2.24) is 14.1 Å². The monoisotopic (exact) mass is 535 g/mol. The average molecular weight is 536 g/mol. The first-order valence-electron chi connectivity index (χ1n) is 12.3. The van der Waals surface area contributed by atoms with Crippen molar-refractivity contribution in [2.24, 2.45) is 0 Å². The molecule has 1 amide bonds. The van der Waals surface area contributed by atoms with Gasteiger partial charge in [0.1, 0.15) is 22.7 Å².